The zero-order valence-electron chi connectivity index (χ0n) is 12.8. The Morgan fingerprint density at radius 2 is 1.74 bits per heavy atom. The van der Waals surface area contributed by atoms with Gasteiger partial charge in [0.15, 0.2) is 0 Å². The molecule has 2 atom stereocenters. The molecular formula is C18H32O. The minimum Gasteiger partial charge on any atom is -0.299 e. The lowest BCUT2D eigenvalue weighted by atomic mass is 9.79. The van der Waals surface area contributed by atoms with Crippen LogP contribution in [0, 0.1) is 17.8 Å². The molecule has 2 aliphatic rings. The molecule has 0 aromatic carbocycles. The first-order valence-electron chi connectivity index (χ1n) is 8.78. The van der Waals surface area contributed by atoms with E-state index in [-0.39, 0.29) is 0 Å². The summed E-state index contributed by atoms with van der Waals surface area (Å²) in [6.45, 7) is 2.40. The first-order valence-corrected chi connectivity index (χ1v) is 8.78. The van der Waals surface area contributed by atoms with Gasteiger partial charge in [-0.15, -0.1) is 0 Å². The van der Waals surface area contributed by atoms with Gasteiger partial charge in [0, 0.05) is 12.3 Å². The van der Waals surface area contributed by atoms with Gasteiger partial charge in [0.25, 0.3) is 0 Å². The van der Waals surface area contributed by atoms with Crippen LogP contribution in [0.15, 0.2) is 0 Å². The van der Waals surface area contributed by atoms with Crippen molar-refractivity contribution in [2.24, 2.45) is 17.8 Å². The first-order chi connectivity index (χ1) is 9.25. The average molecular weight is 264 g/mol. The van der Waals surface area contributed by atoms with Gasteiger partial charge in [-0.2, -0.15) is 0 Å². The lowest BCUT2D eigenvalue weighted by molar-refractivity contribution is -0.123. The smallest absolute Gasteiger partial charge is 0.135 e. The highest BCUT2D eigenvalue weighted by Gasteiger charge is 2.21. The molecule has 0 saturated heterocycles. The Balaban J connectivity index is 1.54. The van der Waals surface area contributed by atoms with Crippen molar-refractivity contribution in [3.05, 3.63) is 0 Å². The number of carbonyl (C=O) groups is 1. The second-order valence-electron chi connectivity index (χ2n) is 7.18. The highest BCUT2D eigenvalue weighted by Crippen LogP contribution is 2.32. The van der Waals surface area contributed by atoms with E-state index in [1.807, 2.05) is 0 Å². The Morgan fingerprint density at radius 3 is 2.47 bits per heavy atom. The molecule has 1 heteroatoms. The molecule has 0 aliphatic heterocycles. The van der Waals surface area contributed by atoms with Crippen molar-refractivity contribution in [1.82, 2.24) is 0 Å². The molecule has 0 aromatic heterocycles. The molecule has 0 bridgehead atoms. The first kappa shape index (κ1) is 15.1. The zero-order valence-corrected chi connectivity index (χ0v) is 12.8. The third kappa shape index (κ3) is 5.28. The van der Waals surface area contributed by atoms with Crippen LogP contribution >= 0.6 is 0 Å². The fourth-order valence-electron chi connectivity index (χ4n) is 4.18. The fraction of sp³-hybridized carbons (Fsp3) is 0.944. The molecule has 2 fully saturated rings. The molecule has 0 amide bonds. The predicted octanol–water partition coefficient (Wildman–Crippen LogP) is 5.52. The second-order valence-corrected chi connectivity index (χ2v) is 7.18. The third-order valence-corrected chi connectivity index (χ3v) is 5.39. The van der Waals surface area contributed by atoms with Crippen LogP contribution in [0.5, 0.6) is 0 Å². The standard InChI is InChI=1S/C18H32O/c1-15-8-7-10-16(14-15)9-5-6-13-18(19)17-11-3-2-4-12-17/h15-17H,2-14H2,1H3. The average Bonchev–Trinajstić information content (AvgIpc) is 2.44. The van der Waals surface area contributed by atoms with Crippen molar-refractivity contribution in [2.75, 3.05) is 0 Å². The Bertz CT molecular complexity index is 265. The van der Waals surface area contributed by atoms with Crippen LogP contribution in [0.4, 0.5) is 0 Å². The Kier molecular flexibility index (Phi) is 6.40. The largest absolute Gasteiger partial charge is 0.299 e. The zero-order chi connectivity index (χ0) is 13.5. The van der Waals surface area contributed by atoms with Crippen molar-refractivity contribution in [3.63, 3.8) is 0 Å². The van der Waals surface area contributed by atoms with Gasteiger partial charge in [-0.05, 0) is 37.5 Å². The van der Waals surface area contributed by atoms with Crippen molar-refractivity contribution >= 4 is 5.78 Å². The minimum atomic E-state index is 0.434. The number of Topliss-reactive ketones (excluding diaryl/α,β-unsaturated/α-hetero) is 1. The normalized spacial score (nSPS) is 29.3. The van der Waals surface area contributed by atoms with Gasteiger partial charge in [0.05, 0.1) is 0 Å². The van der Waals surface area contributed by atoms with E-state index < -0.39 is 0 Å². The van der Waals surface area contributed by atoms with Crippen molar-refractivity contribution in [3.8, 4) is 0 Å². The summed E-state index contributed by atoms with van der Waals surface area (Å²) < 4.78 is 0. The number of carbonyl (C=O) groups excluding carboxylic acids is 1. The summed E-state index contributed by atoms with van der Waals surface area (Å²) >= 11 is 0. The predicted molar refractivity (Wildman–Crippen MR) is 81.2 cm³/mol. The van der Waals surface area contributed by atoms with Crippen LogP contribution < -0.4 is 0 Å². The highest BCUT2D eigenvalue weighted by molar-refractivity contribution is 5.80. The van der Waals surface area contributed by atoms with Gasteiger partial charge in [-0.1, -0.05) is 58.3 Å². The molecule has 1 nitrogen and oxygen atoms in total. The van der Waals surface area contributed by atoms with Crippen molar-refractivity contribution in [1.29, 1.82) is 0 Å². The van der Waals surface area contributed by atoms with Crippen LogP contribution in [0.25, 0.3) is 0 Å². The molecule has 2 saturated carbocycles. The van der Waals surface area contributed by atoms with Gasteiger partial charge in [0.1, 0.15) is 5.78 Å². The minimum absolute atomic E-state index is 0.434. The SMILES string of the molecule is CC1CCCC(CCCCC(=O)C2CCCCC2)C1. The maximum atomic E-state index is 12.1. The van der Waals surface area contributed by atoms with Gasteiger partial charge in [-0.25, -0.2) is 0 Å². The van der Waals surface area contributed by atoms with E-state index in [1.165, 1.54) is 70.6 Å². The molecule has 0 radical (unpaired) electrons. The number of unbranched alkanes of at least 4 members (excludes halogenated alkanes) is 1. The maximum Gasteiger partial charge on any atom is 0.135 e. The summed E-state index contributed by atoms with van der Waals surface area (Å²) in [5, 5.41) is 0. The van der Waals surface area contributed by atoms with E-state index in [1.54, 1.807) is 0 Å². The summed E-state index contributed by atoms with van der Waals surface area (Å²) in [4.78, 5) is 12.1. The molecule has 2 aliphatic carbocycles. The van der Waals surface area contributed by atoms with Gasteiger partial charge >= 0.3 is 0 Å². The molecule has 0 heterocycles. The Morgan fingerprint density at radius 1 is 0.947 bits per heavy atom. The van der Waals surface area contributed by atoms with Crippen LogP contribution in [0.2, 0.25) is 0 Å². The summed E-state index contributed by atoms with van der Waals surface area (Å²) in [7, 11) is 0. The van der Waals surface area contributed by atoms with Gasteiger partial charge in [-0.3, -0.25) is 4.79 Å². The number of hydrogen-bond acceptors (Lipinski definition) is 1. The van der Waals surface area contributed by atoms with Crippen LogP contribution in [-0.2, 0) is 4.79 Å². The molecule has 0 aromatic rings. The second kappa shape index (κ2) is 8.07. The number of rotatable bonds is 6. The molecule has 0 spiro atoms. The van der Waals surface area contributed by atoms with Gasteiger partial charge in [0.2, 0.25) is 0 Å². The molecule has 2 unspecified atom stereocenters. The third-order valence-electron chi connectivity index (χ3n) is 5.39. The van der Waals surface area contributed by atoms with Crippen molar-refractivity contribution in [2.45, 2.75) is 90.4 Å². The molecule has 19 heavy (non-hydrogen) atoms. The van der Waals surface area contributed by atoms with Crippen molar-refractivity contribution < 1.29 is 4.79 Å². The molecule has 110 valence electrons. The summed E-state index contributed by atoms with van der Waals surface area (Å²) in [5.74, 6) is 2.93. The molecule has 2 rings (SSSR count). The number of hydrogen-bond donors (Lipinski definition) is 0. The van der Waals surface area contributed by atoms with Crippen LogP contribution in [-0.4, -0.2) is 5.78 Å². The van der Waals surface area contributed by atoms with E-state index in [9.17, 15) is 4.79 Å². The lowest BCUT2D eigenvalue weighted by Gasteiger charge is -2.26. The van der Waals surface area contributed by atoms with Gasteiger partial charge < -0.3 is 0 Å². The quantitative estimate of drug-likeness (QED) is 0.577. The lowest BCUT2D eigenvalue weighted by Crippen LogP contribution is -2.17. The monoisotopic (exact) mass is 264 g/mol. The summed E-state index contributed by atoms with van der Waals surface area (Å²) in [6, 6.07) is 0. The summed E-state index contributed by atoms with van der Waals surface area (Å²) in [5.41, 5.74) is 0. The number of ketones is 1. The van der Waals surface area contributed by atoms with Crippen LogP contribution in [0.3, 0.4) is 0 Å². The van der Waals surface area contributed by atoms with E-state index in [2.05, 4.69) is 6.92 Å². The molecule has 0 N–H and O–H groups in total. The molecular weight excluding hydrogens is 232 g/mol. The Labute approximate surface area is 119 Å². The highest BCUT2D eigenvalue weighted by atomic mass is 16.1. The fourth-order valence-corrected chi connectivity index (χ4v) is 4.18. The van der Waals surface area contributed by atoms with Crippen LogP contribution in [0.1, 0.15) is 90.4 Å². The van der Waals surface area contributed by atoms with E-state index in [0.717, 1.165) is 24.7 Å². The topological polar surface area (TPSA) is 17.1 Å². The van der Waals surface area contributed by atoms with E-state index >= 15 is 0 Å². The maximum absolute atomic E-state index is 12.1. The summed E-state index contributed by atoms with van der Waals surface area (Å²) in [6.07, 6.45) is 16.7. The Hall–Kier alpha value is -0.330. The van der Waals surface area contributed by atoms with E-state index in [4.69, 9.17) is 0 Å². The van der Waals surface area contributed by atoms with E-state index in [0.29, 0.717) is 11.7 Å².